The van der Waals surface area contributed by atoms with Gasteiger partial charge in [-0.3, -0.25) is 9.89 Å². The number of rotatable bonds is 4. The summed E-state index contributed by atoms with van der Waals surface area (Å²) < 4.78 is 0. The van der Waals surface area contributed by atoms with Gasteiger partial charge in [-0.2, -0.15) is 5.10 Å². The third-order valence-electron chi connectivity index (χ3n) is 3.42. The van der Waals surface area contributed by atoms with Crippen LogP contribution < -0.4 is 10.6 Å². The van der Waals surface area contributed by atoms with E-state index in [1.165, 1.54) is 0 Å². The molecule has 1 aliphatic rings. The lowest BCUT2D eigenvalue weighted by Crippen LogP contribution is -2.48. The summed E-state index contributed by atoms with van der Waals surface area (Å²) in [5, 5.41) is 13.0. The van der Waals surface area contributed by atoms with Gasteiger partial charge in [0.2, 0.25) is 0 Å². The van der Waals surface area contributed by atoms with Gasteiger partial charge in [-0.1, -0.05) is 12.1 Å². The Labute approximate surface area is 117 Å². The van der Waals surface area contributed by atoms with E-state index in [-0.39, 0.29) is 5.91 Å². The van der Waals surface area contributed by atoms with Crippen LogP contribution >= 0.6 is 0 Å². The minimum absolute atomic E-state index is 0.0328. The third-order valence-corrected chi connectivity index (χ3v) is 3.42. The zero-order valence-electron chi connectivity index (χ0n) is 11.3. The first-order valence-electron chi connectivity index (χ1n) is 6.71. The molecule has 1 fully saturated rings. The van der Waals surface area contributed by atoms with Crippen molar-refractivity contribution in [2.24, 2.45) is 5.92 Å². The second-order valence-electron chi connectivity index (χ2n) is 5.06. The van der Waals surface area contributed by atoms with Gasteiger partial charge < -0.3 is 10.6 Å². The molecule has 3 rings (SSSR count). The van der Waals surface area contributed by atoms with Crippen molar-refractivity contribution >= 4 is 5.91 Å². The quantitative estimate of drug-likeness (QED) is 0.765. The molecule has 104 valence electrons. The largest absolute Gasteiger partial charge is 0.352 e. The highest BCUT2D eigenvalue weighted by Crippen LogP contribution is 2.15. The van der Waals surface area contributed by atoms with Crippen LogP contribution in [0.4, 0.5) is 0 Å². The van der Waals surface area contributed by atoms with Crippen molar-refractivity contribution in [2.75, 3.05) is 19.6 Å². The Bertz CT molecular complexity index is 600. The van der Waals surface area contributed by atoms with E-state index in [2.05, 4.69) is 25.8 Å². The molecule has 0 atom stereocenters. The molecule has 2 heterocycles. The molecule has 3 N–H and O–H groups in total. The maximum atomic E-state index is 12.0. The van der Waals surface area contributed by atoms with Crippen LogP contribution in [-0.4, -0.2) is 40.7 Å². The standard InChI is InChI=1S/C14H17N5O/c1-9-17-13(19-18-9)11-2-4-12(5-3-11)14(20)16-8-10-6-15-7-10/h2-5,10,15H,6-8H2,1H3,(H,16,20)(H,17,18,19). The summed E-state index contributed by atoms with van der Waals surface area (Å²) in [4.78, 5) is 16.2. The fraction of sp³-hybridized carbons (Fsp3) is 0.357. The highest BCUT2D eigenvalue weighted by atomic mass is 16.1. The first-order chi connectivity index (χ1) is 9.72. The van der Waals surface area contributed by atoms with E-state index in [1.807, 2.05) is 19.1 Å². The molecule has 1 amide bonds. The second-order valence-corrected chi connectivity index (χ2v) is 5.06. The molecule has 0 aliphatic carbocycles. The summed E-state index contributed by atoms with van der Waals surface area (Å²) >= 11 is 0. The number of carbonyl (C=O) groups excluding carboxylic acids is 1. The number of hydrogen-bond donors (Lipinski definition) is 3. The molecule has 0 bridgehead atoms. The summed E-state index contributed by atoms with van der Waals surface area (Å²) in [6, 6.07) is 7.33. The lowest BCUT2D eigenvalue weighted by Gasteiger charge is -2.27. The van der Waals surface area contributed by atoms with E-state index in [0.29, 0.717) is 17.3 Å². The summed E-state index contributed by atoms with van der Waals surface area (Å²) in [5.74, 6) is 1.95. The van der Waals surface area contributed by atoms with Gasteiger partial charge in [-0.25, -0.2) is 4.98 Å². The molecule has 0 radical (unpaired) electrons. The molecular formula is C14H17N5O. The number of aromatic nitrogens is 3. The molecule has 1 aliphatic heterocycles. The Hall–Kier alpha value is -2.21. The van der Waals surface area contributed by atoms with Gasteiger partial charge >= 0.3 is 0 Å². The number of aromatic amines is 1. The van der Waals surface area contributed by atoms with Crippen molar-refractivity contribution in [1.29, 1.82) is 0 Å². The SMILES string of the molecule is Cc1nc(-c2ccc(C(=O)NCC3CNC3)cc2)n[nH]1. The normalized spacial score (nSPS) is 14.8. The van der Waals surface area contributed by atoms with Crippen LogP contribution in [0.15, 0.2) is 24.3 Å². The molecule has 1 saturated heterocycles. The number of aryl methyl sites for hydroxylation is 1. The lowest BCUT2D eigenvalue weighted by atomic mass is 10.0. The van der Waals surface area contributed by atoms with Gasteiger partial charge in [0, 0.05) is 36.7 Å². The van der Waals surface area contributed by atoms with Gasteiger partial charge in [0.25, 0.3) is 5.91 Å². The average molecular weight is 271 g/mol. The third kappa shape index (κ3) is 2.70. The van der Waals surface area contributed by atoms with Gasteiger partial charge in [0.05, 0.1) is 0 Å². The summed E-state index contributed by atoms with van der Waals surface area (Å²) in [6.07, 6.45) is 0. The maximum absolute atomic E-state index is 12.0. The molecule has 0 spiro atoms. The number of hydrogen-bond acceptors (Lipinski definition) is 4. The van der Waals surface area contributed by atoms with Crippen LogP contribution in [0.1, 0.15) is 16.2 Å². The van der Waals surface area contributed by atoms with Crippen molar-refractivity contribution in [3.63, 3.8) is 0 Å². The van der Waals surface area contributed by atoms with Crippen molar-refractivity contribution < 1.29 is 4.79 Å². The molecule has 20 heavy (non-hydrogen) atoms. The Morgan fingerprint density at radius 1 is 1.35 bits per heavy atom. The van der Waals surface area contributed by atoms with Crippen LogP contribution in [0, 0.1) is 12.8 Å². The van der Waals surface area contributed by atoms with E-state index in [0.717, 1.165) is 31.0 Å². The average Bonchev–Trinajstić information content (AvgIpc) is 2.84. The number of carbonyl (C=O) groups is 1. The van der Waals surface area contributed by atoms with Gasteiger partial charge in [-0.15, -0.1) is 0 Å². The van der Waals surface area contributed by atoms with E-state index in [1.54, 1.807) is 12.1 Å². The molecule has 1 aromatic heterocycles. The maximum Gasteiger partial charge on any atom is 0.251 e. The Morgan fingerprint density at radius 2 is 2.10 bits per heavy atom. The minimum Gasteiger partial charge on any atom is -0.352 e. The first-order valence-corrected chi connectivity index (χ1v) is 6.71. The smallest absolute Gasteiger partial charge is 0.251 e. The fourth-order valence-electron chi connectivity index (χ4n) is 2.07. The number of amides is 1. The van der Waals surface area contributed by atoms with E-state index in [9.17, 15) is 4.79 Å². The van der Waals surface area contributed by atoms with Gasteiger partial charge in [-0.05, 0) is 19.1 Å². The molecule has 0 saturated carbocycles. The van der Waals surface area contributed by atoms with Crippen LogP contribution in [0.3, 0.4) is 0 Å². The zero-order chi connectivity index (χ0) is 13.9. The molecular weight excluding hydrogens is 254 g/mol. The first kappa shape index (κ1) is 12.8. The Kier molecular flexibility index (Phi) is 3.47. The van der Waals surface area contributed by atoms with E-state index < -0.39 is 0 Å². The van der Waals surface area contributed by atoms with Gasteiger partial charge in [0.15, 0.2) is 5.82 Å². The molecule has 6 nitrogen and oxygen atoms in total. The highest BCUT2D eigenvalue weighted by Gasteiger charge is 2.17. The Balaban J connectivity index is 1.64. The van der Waals surface area contributed by atoms with Gasteiger partial charge in [0.1, 0.15) is 5.82 Å². The Morgan fingerprint density at radius 3 is 2.65 bits per heavy atom. The van der Waals surface area contributed by atoms with Crippen LogP contribution in [0.2, 0.25) is 0 Å². The highest BCUT2D eigenvalue weighted by molar-refractivity contribution is 5.94. The van der Waals surface area contributed by atoms with E-state index in [4.69, 9.17) is 0 Å². The lowest BCUT2D eigenvalue weighted by molar-refractivity contribution is 0.0942. The summed E-state index contributed by atoms with van der Waals surface area (Å²) in [7, 11) is 0. The fourth-order valence-corrected chi connectivity index (χ4v) is 2.07. The van der Waals surface area contributed by atoms with E-state index >= 15 is 0 Å². The molecule has 6 heteroatoms. The van der Waals surface area contributed by atoms with Crippen molar-refractivity contribution in [1.82, 2.24) is 25.8 Å². The number of nitrogens with zero attached hydrogens (tertiary/aromatic N) is 2. The number of nitrogens with one attached hydrogen (secondary N) is 3. The molecule has 1 aromatic carbocycles. The van der Waals surface area contributed by atoms with Crippen molar-refractivity contribution in [2.45, 2.75) is 6.92 Å². The predicted molar refractivity (Wildman–Crippen MR) is 75.2 cm³/mol. The number of benzene rings is 1. The predicted octanol–water partition coefficient (Wildman–Crippen LogP) is 0.729. The summed E-state index contributed by atoms with van der Waals surface area (Å²) in [5.41, 5.74) is 1.56. The van der Waals surface area contributed by atoms with Crippen molar-refractivity contribution in [3.05, 3.63) is 35.7 Å². The summed E-state index contributed by atoms with van der Waals surface area (Å²) in [6.45, 7) is 4.56. The monoisotopic (exact) mass is 271 g/mol. The minimum atomic E-state index is -0.0328. The van der Waals surface area contributed by atoms with Crippen LogP contribution in [0.25, 0.3) is 11.4 Å². The van der Waals surface area contributed by atoms with Crippen molar-refractivity contribution in [3.8, 4) is 11.4 Å². The topological polar surface area (TPSA) is 82.7 Å². The second kappa shape index (κ2) is 5.42. The van der Waals surface area contributed by atoms with Crippen LogP contribution in [0.5, 0.6) is 0 Å². The molecule has 0 unspecified atom stereocenters. The zero-order valence-corrected chi connectivity index (χ0v) is 11.3. The molecule has 2 aromatic rings. The van der Waals surface area contributed by atoms with Crippen LogP contribution in [-0.2, 0) is 0 Å². The number of H-pyrrole nitrogens is 1.